The van der Waals surface area contributed by atoms with Crippen molar-refractivity contribution in [3.8, 4) is 0 Å². The zero-order valence-corrected chi connectivity index (χ0v) is 17.1. The monoisotopic (exact) mass is 379 g/mol. The van der Waals surface area contributed by atoms with Gasteiger partial charge in [-0.3, -0.25) is 0 Å². The average molecular weight is 379 g/mol. The Morgan fingerprint density at radius 2 is 1.39 bits per heavy atom. The van der Waals surface area contributed by atoms with Crippen LogP contribution in [0.1, 0.15) is 27.7 Å². The third kappa shape index (κ3) is 7.23. The van der Waals surface area contributed by atoms with Gasteiger partial charge in [-0.15, -0.1) is 0 Å². The Balaban J connectivity index is 2.93. The Kier molecular flexibility index (Phi) is 11.4. The van der Waals surface area contributed by atoms with Crippen LogP contribution in [0.3, 0.4) is 0 Å². The number of hydrogen-bond acceptors (Lipinski definition) is 6. The normalized spacial score (nSPS) is 11.4. The van der Waals surface area contributed by atoms with Crippen molar-refractivity contribution in [3.63, 3.8) is 0 Å². The van der Waals surface area contributed by atoms with Crippen LogP contribution in [0.4, 0.5) is 5.69 Å². The van der Waals surface area contributed by atoms with E-state index in [1.165, 1.54) is 0 Å². The number of benzene rings is 1. The van der Waals surface area contributed by atoms with E-state index in [2.05, 4.69) is 16.8 Å². The predicted octanol–water partition coefficient (Wildman–Crippen LogP) is 5.81. The highest BCUT2D eigenvalue weighted by molar-refractivity contribution is 8.52. The first-order chi connectivity index (χ1) is 11.2. The molecule has 0 aliphatic rings. The fourth-order valence-corrected chi connectivity index (χ4v) is 6.08. The maximum atomic E-state index is 5.76. The summed E-state index contributed by atoms with van der Waals surface area (Å²) in [5.74, 6) is 0. The number of rotatable bonds is 12. The van der Waals surface area contributed by atoms with E-state index in [1.54, 1.807) is 11.4 Å². The molecule has 0 unspecified atom stereocenters. The molecule has 1 aromatic rings. The summed E-state index contributed by atoms with van der Waals surface area (Å²) in [7, 11) is -0.107. The van der Waals surface area contributed by atoms with Gasteiger partial charge in [0, 0.05) is 11.9 Å². The summed E-state index contributed by atoms with van der Waals surface area (Å²) < 4.78 is 25.0. The highest BCUT2D eigenvalue weighted by atomic mass is 32.7. The zero-order valence-electron chi connectivity index (χ0n) is 14.5. The van der Waals surface area contributed by atoms with E-state index >= 15 is 0 Å². The minimum Gasteiger partial charge on any atom is -0.326 e. The van der Waals surface area contributed by atoms with Crippen molar-refractivity contribution < 1.29 is 18.1 Å². The van der Waals surface area contributed by atoms with E-state index in [-0.39, 0.29) is 0 Å². The number of para-hydroxylation sites is 1. The molecule has 0 bridgehead atoms. The van der Waals surface area contributed by atoms with E-state index < -0.39 is 16.1 Å². The minimum absolute atomic E-state index is 0.621. The molecule has 23 heavy (non-hydrogen) atoms. The van der Waals surface area contributed by atoms with Gasteiger partial charge < -0.3 is 22.8 Å². The maximum Gasteiger partial charge on any atom is 0.289 e. The van der Waals surface area contributed by atoms with Crippen LogP contribution in [-0.2, 0) is 18.1 Å². The topological polar surface area (TPSA) is 40.2 Å². The van der Waals surface area contributed by atoms with Crippen LogP contribution >= 0.6 is 27.5 Å². The Bertz CT molecular complexity index is 430. The molecule has 1 rings (SSSR count). The average Bonchev–Trinajstić information content (AvgIpc) is 2.55. The summed E-state index contributed by atoms with van der Waals surface area (Å²) in [5.41, 5.74) is 1.07. The van der Waals surface area contributed by atoms with Crippen molar-refractivity contribution in [2.45, 2.75) is 32.6 Å². The minimum atomic E-state index is -1.11. The Labute approximate surface area is 146 Å². The van der Waals surface area contributed by atoms with Crippen molar-refractivity contribution in [2.75, 3.05) is 38.1 Å². The quantitative estimate of drug-likeness (QED) is 0.427. The molecule has 0 amide bonds. The van der Waals surface area contributed by atoms with E-state index in [1.807, 2.05) is 46.9 Å². The smallest absolute Gasteiger partial charge is 0.289 e. The van der Waals surface area contributed by atoms with Gasteiger partial charge in [0.25, 0.3) is 8.53 Å². The number of anilines is 1. The Morgan fingerprint density at radius 1 is 0.870 bits per heavy atom. The molecule has 0 aliphatic heterocycles. The molecule has 0 radical (unpaired) electrons. The van der Waals surface area contributed by atoms with Gasteiger partial charge in [-0.05, 0) is 51.2 Å². The molecule has 0 saturated heterocycles. The first kappa shape index (κ1) is 21.1. The van der Waals surface area contributed by atoms with Gasteiger partial charge in [-0.25, -0.2) is 0 Å². The number of nitrogens with zero attached hydrogens (tertiary/aromatic N) is 1. The second-order valence-corrected chi connectivity index (χ2v) is 8.84. The van der Waals surface area contributed by atoms with Gasteiger partial charge in [0.15, 0.2) is 0 Å². The molecular formula is C15H27NO4P2S. The van der Waals surface area contributed by atoms with Gasteiger partial charge in [0.1, 0.15) is 0 Å². The molecule has 0 aliphatic carbocycles. The highest BCUT2D eigenvalue weighted by Gasteiger charge is 2.22. The zero-order chi connectivity index (χ0) is 17.1. The van der Waals surface area contributed by atoms with Crippen LogP contribution in [0.15, 0.2) is 29.2 Å². The van der Waals surface area contributed by atoms with Crippen molar-refractivity contribution in [2.24, 2.45) is 0 Å². The second-order valence-electron chi connectivity index (χ2n) is 4.22. The summed E-state index contributed by atoms with van der Waals surface area (Å²) in [5, 5.41) is 0. The lowest BCUT2D eigenvalue weighted by molar-refractivity contribution is 0.268. The van der Waals surface area contributed by atoms with Crippen molar-refractivity contribution in [3.05, 3.63) is 24.3 Å². The molecule has 0 atom stereocenters. The van der Waals surface area contributed by atoms with Crippen LogP contribution in [0.5, 0.6) is 0 Å². The van der Waals surface area contributed by atoms with E-state index in [4.69, 9.17) is 18.1 Å². The molecule has 0 aromatic heterocycles. The molecule has 132 valence electrons. The molecule has 5 nitrogen and oxygen atoms in total. The fraction of sp³-hybridized carbons (Fsp3) is 0.600. The van der Waals surface area contributed by atoms with Crippen LogP contribution in [-0.4, -0.2) is 33.5 Å². The van der Waals surface area contributed by atoms with Gasteiger partial charge in [0.2, 0.25) is 7.58 Å². The Hall–Kier alpha value is 0.0700. The standard InChI is InChI=1S/C15H27NO4P2S/c1-6-17-21(18-7-2)16(5)14-12-10-11-13-15(14)23-22(19-8-3)20-9-4/h10-13H,6-9H2,1-5H3. The Morgan fingerprint density at radius 3 is 1.91 bits per heavy atom. The molecule has 8 heteroatoms. The van der Waals surface area contributed by atoms with Crippen LogP contribution in [0.2, 0.25) is 0 Å². The lowest BCUT2D eigenvalue weighted by atomic mass is 10.3. The van der Waals surface area contributed by atoms with E-state index in [0.29, 0.717) is 26.4 Å². The van der Waals surface area contributed by atoms with Gasteiger partial charge in [0.05, 0.1) is 32.1 Å². The molecule has 1 aromatic carbocycles. The first-order valence-corrected chi connectivity index (χ1v) is 11.5. The fourth-order valence-electron chi connectivity index (χ4n) is 1.70. The van der Waals surface area contributed by atoms with Crippen molar-refractivity contribution in [1.29, 1.82) is 0 Å². The van der Waals surface area contributed by atoms with E-state index in [9.17, 15) is 0 Å². The summed E-state index contributed by atoms with van der Waals surface area (Å²) in [6.07, 6.45) is 0. The van der Waals surface area contributed by atoms with Gasteiger partial charge in [-0.2, -0.15) is 0 Å². The molecule has 0 spiro atoms. The first-order valence-electron chi connectivity index (χ1n) is 7.80. The van der Waals surface area contributed by atoms with Crippen molar-refractivity contribution >= 4 is 33.2 Å². The van der Waals surface area contributed by atoms with Crippen LogP contribution in [0.25, 0.3) is 0 Å². The summed E-state index contributed by atoms with van der Waals surface area (Å²) in [6, 6.07) is 8.19. The van der Waals surface area contributed by atoms with Gasteiger partial charge >= 0.3 is 0 Å². The van der Waals surface area contributed by atoms with Crippen molar-refractivity contribution in [1.82, 2.24) is 0 Å². The van der Waals surface area contributed by atoms with Crippen LogP contribution in [0, 0.1) is 0 Å². The molecule has 0 fully saturated rings. The highest BCUT2D eigenvalue weighted by Crippen LogP contribution is 2.58. The lowest BCUT2D eigenvalue weighted by Crippen LogP contribution is -2.14. The molecule has 0 heterocycles. The van der Waals surface area contributed by atoms with Crippen LogP contribution < -0.4 is 4.67 Å². The predicted molar refractivity (Wildman–Crippen MR) is 101 cm³/mol. The molecule has 0 saturated carbocycles. The second kappa shape index (κ2) is 12.4. The molecule has 0 N–H and O–H groups in total. The lowest BCUT2D eigenvalue weighted by Gasteiger charge is -2.29. The largest absolute Gasteiger partial charge is 0.326 e. The third-order valence-electron chi connectivity index (χ3n) is 2.58. The third-order valence-corrected chi connectivity index (χ3v) is 7.54. The van der Waals surface area contributed by atoms with E-state index in [0.717, 1.165) is 10.6 Å². The SMILES string of the molecule is CCOP(OCC)Sc1ccccc1N(C)P(OCC)OCC. The molecular weight excluding hydrogens is 352 g/mol. The summed E-state index contributed by atoms with van der Waals surface area (Å²) in [4.78, 5) is 1.11. The summed E-state index contributed by atoms with van der Waals surface area (Å²) in [6.45, 7) is 10.4. The summed E-state index contributed by atoms with van der Waals surface area (Å²) >= 11 is 1.62. The maximum absolute atomic E-state index is 5.76. The van der Waals surface area contributed by atoms with Gasteiger partial charge in [-0.1, -0.05) is 12.1 Å². The number of hydrogen-bond donors (Lipinski definition) is 0.